The third-order valence-electron chi connectivity index (χ3n) is 3.36. The molecule has 4 nitrogen and oxygen atoms in total. The summed E-state index contributed by atoms with van der Waals surface area (Å²) in [6, 6.07) is 9.47. The smallest absolute Gasteiger partial charge is 0.224 e. The molecular weight excluding hydrogens is 252 g/mol. The first-order valence-corrected chi connectivity index (χ1v) is 7.32. The van der Waals surface area contributed by atoms with Gasteiger partial charge < -0.3 is 15.8 Å². The van der Waals surface area contributed by atoms with Crippen molar-refractivity contribution >= 4 is 5.91 Å². The number of benzene rings is 1. The summed E-state index contributed by atoms with van der Waals surface area (Å²) < 4.78 is 5.25. The lowest BCUT2D eigenvalue weighted by Crippen LogP contribution is -2.36. The van der Waals surface area contributed by atoms with Crippen LogP contribution in [0.5, 0.6) is 0 Å². The highest BCUT2D eigenvalue weighted by atomic mass is 16.5. The molecule has 0 bridgehead atoms. The average molecular weight is 278 g/mol. The zero-order chi connectivity index (χ0) is 14.8. The lowest BCUT2D eigenvalue weighted by atomic mass is 9.94. The predicted molar refractivity (Wildman–Crippen MR) is 81.3 cm³/mol. The van der Waals surface area contributed by atoms with Gasteiger partial charge in [-0.2, -0.15) is 0 Å². The van der Waals surface area contributed by atoms with E-state index < -0.39 is 0 Å². The minimum absolute atomic E-state index is 0.0118. The molecule has 0 aromatic heterocycles. The molecule has 2 atom stereocenters. The molecule has 0 radical (unpaired) electrons. The number of rotatable bonds is 9. The van der Waals surface area contributed by atoms with Crippen LogP contribution < -0.4 is 11.1 Å². The standard InChI is InChI=1S/C16H26N2O2/c1-3-20-12-8-7-11-18-16(19)13(2)15(17)14-9-5-4-6-10-14/h4-6,9-10,13,15H,3,7-8,11-12,17H2,1-2H3,(H,18,19). The molecule has 3 N–H and O–H groups in total. The van der Waals surface area contributed by atoms with Gasteiger partial charge in [-0.3, -0.25) is 4.79 Å². The van der Waals surface area contributed by atoms with Crippen molar-refractivity contribution in [3.8, 4) is 0 Å². The number of hydrogen-bond donors (Lipinski definition) is 2. The summed E-state index contributed by atoms with van der Waals surface area (Å²) in [5.41, 5.74) is 7.12. The minimum atomic E-state index is -0.264. The van der Waals surface area contributed by atoms with Crippen LogP contribution in [0.4, 0.5) is 0 Å². The third-order valence-corrected chi connectivity index (χ3v) is 3.36. The molecular formula is C16H26N2O2. The van der Waals surface area contributed by atoms with Gasteiger partial charge in [-0.15, -0.1) is 0 Å². The molecule has 0 saturated heterocycles. The SMILES string of the molecule is CCOCCCCNC(=O)C(C)C(N)c1ccccc1. The maximum Gasteiger partial charge on any atom is 0.224 e. The van der Waals surface area contributed by atoms with Crippen molar-refractivity contribution in [2.75, 3.05) is 19.8 Å². The Morgan fingerprint density at radius 2 is 2.00 bits per heavy atom. The Kier molecular flexibility index (Phi) is 7.92. The Bertz CT molecular complexity index is 381. The second kappa shape index (κ2) is 9.50. The van der Waals surface area contributed by atoms with Crippen LogP contribution in [0.3, 0.4) is 0 Å². The Morgan fingerprint density at radius 3 is 2.65 bits per heavy atom. The van der Waals surface area contributed by atoms with Crippen LogP contribution in [0, 0.1) is 5.92 Å². The summed E-state index contributed by atoms with van der Waals surface area (Å²) in [7, 11) is 0. The van der Waals surface area contributed by atoms with Gasteiger partial charge in [0.2, 0.25) is 5.91 Å². The van der Waals surface area contributed by atoms with Gasteiger partial charge in [-0.25, -0.2) is 0 Å². The first kappa shape index (κ1) is 16.7. The van der Waals surface area contributed by atoms with Crippen molar-refractivity contribution in [1.82, 2.24) is 5.32 Å². The van der Waals surface area contributed by atoms with Crippen molar-refractivity contribution in [2.45, 2.75) is 32.7 Å². The molecule has 4 heteroatoms. The zero-order valence-corrected chi connectivity index (χ0v) is 12.5. The van der Waals surface area contributed by atoms with E-state index in [1.807, 2.05) is 44.2 Å². The molecule has 0 fully saturated rings. The fourth-order valence-corrected chi connectivity index (χ4v) is 1.97. The monoisotopic (exact) mass is 278 g/mol. The number of ether oxygens (including phenoxy) is 1. The molecule has 1 aromatic rings. The molecule has 112 valence electrons. The van der Waals surface area contributed by atoms with E-state index >= 15 is 0 Å². The molecule has 2 unspecified atom stereocenters. The van der Waals surface area contributed by atoms with E-state index in [1.165, 1.54) is 0 Å². The first-order valence-electron chi connectivity index (χ1n) is 7.32. The van der Waals surface area contributed by atoms with Gasteiger partial charge in [0.1, 0.15) is 0 Å². The van der Waals surface area contributed by atoms with Gasteiger partial charge in [0.25, 0.3) is 0 Å². The van der Waals surface area contributed by atoms with E-state index in [0.29, 0.717) is 6.54 Å². The number of hydrogen-bond acceptors (Lipinski definition) is 3. The number of nitrogens with one attached hydrogen (secondary N) is 1. The van der Waals surface area contributed by atoms with Crippen LogP contribution in [-0.4, -0.2) is 25.7 Å². The van der Waals surface area contributed by atoms with Crippen LogP contribution in [0.2, 0.25) is 0 Å². The van der Waals surface area contributed by atoms with E-state index in [4.69, 9.17) is 10.5 Å². The van der Waals surface area contributed by atoms with Crippen molar-refractivity contribution < 1.29 is 9.53 Å². The molecule has 0 aliphatic heterocycles. The second-order valence-electron chi connectivity index (χ2n) is 4.92. The summed E-state index contributed by atoms with van der Waals surface area (Å²) in [6.45, 7) is 6.03. The van der Waals surface area contributed by atoms with Crippen LogP contribution in [0.1, 0.15) is 38.3 Å². The molecule has 0 saturated carbocycles. The Hall–Kier alpha value is -1.39. The van der Waals surface area contributed by atoms with E-state index in [0.717, 1.165) is 31.6 Å². The van der Waals surface area contributed by atoms with Crippen LogP contribution in [0.25, 0.3) is 0 Å². The average Bonchev–Trinajstić information content (AvgIpc) is 2.50. The number of unbranched alkanes of at least 4 members (excludes halogenated alkanes) is 1. The van der Waals surface area contributed by atoms with Crippen LogP contribution in [-0.2, 0) is 9.53 Å². The second-order valence-corrected chi connectivity index (χ2v) is 4.92. The van der Waals surface area contributed by atoms with Gasteiger partial charge in [0.05, 0.1) is 5.92 Å². The third kappa shape index (κ3) is 5.72. The maximum atomic E-state index is 12.0. The summed E-state index contributed by atoms with van der Waals surface area (Å²) in [5, 5.41) is 2.94. The van der Waals surface area contributed by atoms with Crippen molar-refractivity contribution in [3.63, 3.8) is 0 Å². The highest BCUT2D eigenvalue weighted by Crippen LogP contribution is 2.18. The van der Waals surface area contributed by atoms with Crippen LogP contribution >= 0.6 is 0 Å². The first-order chi connectivity index (χ1) is 9.66. The molecule has 1 amide bonds. The van der Waals surface area contributed by atoms with E-state index in [-0.39, 0.29) is 17.9 Å². The fraction of sp³-hybridized carbons (Fsp3) is 0.562. The number of carbonyl (C=O) groups excluding carboxylic acids is 1. The highest BCUT2D eigenvalue weighted by Gasteiger charge is 2.21. The molecule has 0 spiro atoms. The summed E-state index contributed by atoms with van der Waals surface area (Å²) in [4.78, 5) is 12.0. The summed E-state index contributed by atoms with van der Waals surface area (Å²) in [5.74, 6) is -0.220. The maximum absolute atomic E-state index is 12.0. The van der Waals surface area contributed by atoms with E-state index in [2.05, 4.69) is 5.32 Å². The summed E-state index contributed by atoms with van der Waals surface area (Å²) >= 11 is 0. The van der Waals surface area contributed by atoms with Gasteiger partial charge in [-0.05, 0) is 25.3 Å². The molecule has 1 aromatic carbocycles. The normalized spacial score (nSPS) is 13.8. The number of carbonyl (C=O) groups is 1. The van der Waals surface area contributed by atoms with Gasteiger partial charge in [0.15, 0.2) is 0 Å². The predicted octanol–water partition coefficient (Wildman–Crippen LogP) is 2.26. The van der Waals surface area contributed by atoms with Gasteiger partial charge >= 0.3 is 0 Å². The molecule has 20 heavy (non-hydrogen) atoms. The highest BCUT2D eigenvalue weighted by molar-refractivity contribution is 5.79. The summed E-state index contributed by atoms with van der Waals surface area (Å²) in [6.07, 6.45) is 1.90. The Balaban J connectivity index is 2.28. The lowest BCUT2D eigenvalue weighted by Gasteiger charge is -2.19. The number of nitrogens with two attached hydrogens (primary N) is 1. The fourth-order valence-electron chi connectivity index (χ4n) is 1.97. The molecule has 1 rings (SSSR count). The van der Waals surface area contributed by atoms with Gasteiger partial charge in [0, 0.05) is 25.8 Å². The Morgan fingerprint density at radius 1 is 1.30 bits per heavy atom. The van der Waals surface area contributed by atoms with Crippen molar-refractivity contribution in [1.29, 1.82) is 0 Å². The minimum Gasteiger partial charge on any atom is -0.382 e. The topological polar surface area (TPSA) is 64.3 Å². The van der Waals surface area contributed by atoms with Gasteiger partial charge in [-0.1, -0.05) is 37.3 Å². The number of amides is 1. The Labute approximate surface area is 121 Å². The quantitative estimate of drug-likeness (QED) is 0.681. The van der Waals surface area contributed by atoms with Crippen molar-refractivity contribution in [3.05, 3.63) is 35.9 Å². The largest absolute Gasteiger partial charge is 0.382 e. The van der Waals surface area contributed by atoms with E-state index in [1.54, 1.807) is 0 Å². The lowest BCUT2D eigenvalue weighted by molar-refractivity contribution is -0.125. The molecule has 0 aliphatic rings. The van der Waals surface area contributed by atoms with Crippen molar-refractivity contribution in [2.24, 2.45) is 11.7 Å². The van der Waals surface area contributed by atoms with E-state index in [9.17, 15) is 4.79 Å². The molecule has 0 heterocycles. The van der Waals surface area contributed by atoms with Crippen LogP contribution in [0.15, 0.2) is 30.3 Å². The zero-order valence-electron chi connectivity index (χ0n) is 12.5. The molecule has 0 aliphatic carbocycles.